The van der Waals surface area contributed by atoms with Crippen LogP contribution in [0.15, 0.2) is 23.1 Å². The number of likely N-dealkylation sites (tertiary alicyclic amines) is 1. The number of thioether (sulfide) groups is 1. The summed E-state index contributed by atoms with van der Waals surface area (Å²) in [5.41, 5.74) is 6.08. The first-order chi connectivity index (χ1) is 9.02. The van der Waals surface area contributed by atoms with Gasteiger partial charge in [0, 0.05) is 30.8 Å². The molecule has 0 saturated carbocycles. The molecule has 6 nitrogen and oxygen atoms in total. The van der Waals surface area contributed by atoms with Crippen LogP contribution in [0.1, 0.15) is 16.8 Å². The van der Waals surface area contributed by atoms with Crippen molar-refractivity contribution in [2.45, 2.75) is 17.4 Å². The van der Waals surface area contributed by atoms with Crippen LogP contribution in [0.5, 0.6) is 0 Å². The van der Waals surface area contributed by atoms with Crippen molar-refractivity contribution in [3.8, 4) is 0 Å². The van der Waals surface area contributed by atoms with Crippen LogP contribution in [0.2, 0.25) is 0 Å². The number of hydrogen-bond donors (Lipinski definition) is 1. The summed E-state index contributed by atoms with van der Waals surface area (Å²) in [5.74, 6) is -0.191. The predicted octanol–water partition coefficient (Wildman–Crippen LogP) is 1.49. The molecule has 0 aliphatic carbocycles. The second-order valence-electron chi connectivity index (χ2n) is 4.44. The number of rotatable bonds is 3. The normalized spacial score (nSPS) is 18.6. The molecule has 0 aromatic heterocycles. The average molecular weight is 281 g/mol. The minimum atomic E-state index is -0.460. The van der Waals surface area contributed by atoms with E-state index in [0.29, 0.717) is 23.5 Å². The molecule has 1 amide bonds. The standard InChI is InChI=1S/C12H15N3O3S/c1-19-11-3-2-8(6-10(11)15(17)18)12(16)14-5-4-9(13)7-14/h2-3,6,9H,4-5,7,13H2,1H3/t9-/m1/s1. The minimum absolute atomic E-state index is 0.00408. The lowest BCUT2D eigenvalue weighted by atomic mass is 10.2. The highest BCUT2D eigenvalue weighted by atomic mass is 32.2. The van der Waals surface area contributed by atoms with Gasteiger partial charge in [0.1, 0.15) is 0 Å². The van der Waals surface area contributed by atoms with Gasteiger partial charge in [0.2, 0.25) is 0 Å². The Kier molecular flexibility index (Phi) is 4.06. The predicted molar refractivity (Wildman–Crippen MR) is 73.4 cm³/mol. The Morgan fingerprint density at radius 1 is 1.58 bits per heavy atom. The molecular formula is C12H15N3O3S. The molecule has 1 aliphatic rings. The molecular weight excluding hydrogens is 266 g/mol. The van der Waals surface area contributed by atoms with E-state index in [1.807, 2.05) is 0 Å². The molecule has 0 radical (unpaired) electrons. The molecule has 1 aromatic carbocycles. The number of carbonyl (C=O) groups excluding carboxylic acids is 1. The molecule has 1 heterocycles. The van der Waals surface area contributed by atoms with Gasteiger partial charge in [0.25, 0.3) is 11.6 Å². The van der Waals surface area contributed by atoms with Crippen LogP contribution >= 0.6 is 11.8 Å². The largest absolute Gasteiger partial charge is 0.337 e. The second kappa shape index (κ2) is 5.58. The Balaban J connectivity index is 2.28. The van der Waals surface area contributed by atoms with Gasteiger partial charge < -0.3 is 10.6 Å². The number of amides is 1. The fraction of sp³-hybridized carbons (Fsp3) is 0.417. The highest BCUT2D eigenvalue weighted by Crippen LogP contribution is 2.29. The van der Waals surface area contributed by atoms with E-state index < -0.39 is 4.92 Å². The maximum atomic E-state index is 12.2. The van der Waals surface area contributed by atoms with Crippen molar-refractivity contribution < 1.29 is 9.72 Å². The summed E-state index contributed by atoms with van der Waals surface area (Å²) in [7, 11) is 0. The van der Waals surface area contributed by atoms with Crippen molar-refractivity contribution in [2.75, 3.05) is 19.3 Å². The summed E-state index contributed by atoms with van der Waals surface area (Å²) in [5, 5.41) is 11.0. The Hall–Kier alpha value is -1.60. The van der Waals surface area contributed by atoms with Gasteiger partial charge in [-0.25, -0.2) is 0 Å². The molecule has 102 valence electrons. The average Bonchev–Trinajstić information content (AvgIpc) is 2.83. The smallest absolute Gasteiger partial charge is 0.283 e. The van der Waals surface area contributed by atoms with Gasteiger partial charge in [0.15, 0.2) is 0 Å². The minimum Gasteiger partial charge on any atom is -0.337 e. The second-order valence-corrected chi connectivity index (χ2v) is 5.29. The SMILES string of the molecule is CSc1ccc(C(=O)N2CC[C@@H](N)C2)cc1[N+](=O)[O-]. The van der Waals surface area contributed by atoms with E-state index >= 15 is 0 Å². The Morgan fingerprint density at radius 2 is 2.32 bits per heavy atom. The Bertz CT molecular complexity index is 521. The molecule has 7 heteroatoms. The molecule has 19 heavy (non-hydrogen) atoms. The van der Waals surface area contributed by atoms with Crippen LogP contribution in [0, 0.1) is 10.1 Å². The third-order valence-corrected chi connectivity index (χ3v) is 3.92. The Morgan fingerprint density at radius 3 is 2.84 bits per heavy atom. The van der Waals surface area contributed by atoms with Crippen LogP contribution in [0.4, 0.5) is 5.69 Å². The number of hydrogen-bond acceptors (Lipinski definition) is 5. The zero-order valence-corrected chi connectivity index (χ0v) is 11.4. The first-order valence-corrected chi connectivity index (χ1v) is 7.12. The molecule has 2 N–H and O–H groups in total. The summed E-state index contributed by atoms with van der Waals surface area (Å²) in [6, 6.07) is 4.60. The molecule has 0 bridgehead atoms. The number of benzene rings is 1. The quantitative estimate of drug-likeness (QED) is 0.515. The van der Waals surface area contributed by atoms with E-state index in [2.05, 4.69) is 0 Å². The third-order valence-electron chi connectivity index (χ3n) is 3.13. The number of carbonyl (C=O) groups is 1. The monoisotopic (exact) mass is 281 g/mol. The van der Waals surface area contributed by atoms with E-state index in [4.69, 9.17) is 5.73 Å². The molecule has 2 rings (SSSR count). The molecule has 1 atom stereocenters. The molecule has 1 fully saturated rings. The fourth-order valence-corrected chi connectivity index (χ4v) is 2.67. The van der Waals surface area contributed by atoms with Crippen LogP contribution < -0.4 is 5.73 Å². The van der Waals surface area contributed by atoms with Crippen LogP contribution in [-0.4, -0.2) is 41.1 Å². The van der Waals surface area contributed by atoms with Crippen molar-refractivity contribution in [3.05, 3.63) is 33.9 Å². The molecule has 0 spiro atoms. The number of nitro groups is 1. The highest BCUT2D eigenvalue weighted by molar-refractivity contribution is 7.98. The van der Waals surface area contributed by atoms with Gasteiger partial charge in [-0.1, -0.05) is 0 Å². The van der Waals surface area contributed by atoms with Gasteiger partial charge in [-0.3, -0.25) is 14.9 Å². The maximum absolute atomic E-state index is 12.2. The number of nitro benzene ring substituents is 1. The lowest BCUT2D eigenvalue weighted by molar-refractivity contribution is -0.387. The van der Waals surface area contributed by atoms with Crippen LogP contribution in [0.25, 0.3) is 0 Å². The first kappa shape index (κ1) is 13.8. The van der Waals surface area contributed by atoms with Crippen molar-refractivity contribution in [3.63, 3.8) is 0 Å². The highest BCUT2D eigenvalue weighted by Gasteiger charge is 2.26. The lowest BCUT2D eigenvalue weighted by Crippen LogP contribution is -2.31. The van der Waals surface area contributed by atoms with Crippen molar-refractivity contribution in [1.82, 2.24) is 4.90 Å². The Labute approximate surface area is 115 Å². The molecule has 0 unspecified atom stereocenters. The van der Waals surface area contributed by atoms with Crippen LogP contribution in [0.3, 0.4) is 0 Å². The molecule has 1 saturated heterocycles. The van der Waals surface area contributed by atoms with E-state index in [-0.39, 0.29) is 17.6 Å². The first-order valence-electron chi connectivity index (χ1n) is 5.90. The van der Waals surface area contributed by atoms with E-state index in [1.54, 1.807) is 23.3 Å². The van der Waals surface area contributed by atoms with E-state index in [0.717, 1.165) is 6.42 Å². The van der Waals surface area contributed by atoms with Crippen molar-refractivity contribution in [1.29, 1.82) is 0 Å². The topological polar surface area (TPSA) is 89.5 Å². The van der Waals surface area contributed by atoms with Crippen LogP contribution in [-0.2, 0) is 0 Å². The van der Waals surface area contributed by atoms with Crippen molar-refractivity contribution >= 4 is 23.4 Å². The van der Waals surface area contributed by atoms with Gasteiger partial charge in [-0.05, 0) is 24.8 Å². The zero-order valence-electron chi connectivity index (χ0n) is 10.5. The van der Waals surface area contributed by atoms with Gasteiger partial charge >= 0.3 is 0 Å². The summed E-state index contributed by atoms with van der Waals surface area (Å²) in [6.07, 6.45) is 2.54. The third kappa shape index (κ3) is 2.87. The van der Waals surface area contributed by atoms with Gasteiger partial charge in [-0.15, -0.1) is 11.8 Å². The maximum Gasteiger partial charge on any atom is 0.283 e. The zero-order chi connectivity index (χ0) is 14.0. The lowest BCUT2D eigenvalue weighted by Gasteiger charge is -2.15. The fourth-order valence-electron chi connectivity index (χ4n) is 2.12. The summed E-state index contributed by atoms with van der Waals surface area (Å²) < 4.78 is 0. The van der Waals surface area contributed by atoms with E-state index in [1.165, 1.54) is 17.8 Å². The van der Waals surface area contributed by atoms with E-state index in [9.17, 15) is 14.9 Å². The van der Waals surface area contributed by atoms with Gasteiger partial charge in [0.05, 0.1) is 9.82 Å². The van der Waals surface area contributed by atoms with Gasteiger partial charge in [-0.2, -0.15) is 0 Å². The molecule has 1 aliphatic heterocycles. The summed E-state index contributed by atoms with van der Waals surface area (Å²) in [4.78, 5) is 24.9. The number of nitrogens with zero attached hydrogens (tertiary/aromatic N) is 2. The molecule has 1 aromatic rings. The summed E-state index contributed by atoms with van der Waals surface area (Å²) in [6.45, 7) is 1.12. The van der Waals surface area contributed by atoms with Crippen molar-refractivity contribution in [2.24, 2.45) is 5.73 Å². The number of nitrogens with two attached hydrogens (primary N) is 1. The summed E-state index contributed by atoms with van der Waals surface area (Å²) >= 11 is 1.29.